The van der Waals surface area contributed by atoms with Crippen LogP contribution in [0.5, 0.6) is 0 Å². The van der Waals surface area contributed by atoms with Gasteiger partial charge in [-0.3, -0.25) is 0 Å². The average molecular weight is 388 g/mol. The van der Waals surface area contributed by atoms with Crippen LogP contribution in [0.15, 0.2) is 66.7 Å². The van der Waals surface area contributed by atoms with Crippen LogP contribution in [-0.4, -0.2) is 6.03 Å². The zero-order chi connectivity index (χ0) is 19.2. The first-order valence-corrected chi connectivity index (χ1v) is 8.48. The lowest BCUT2D eigenvalue weighted by atomic mass is 10.2. The number of rotatable bonds is 5. The van der Waals surface area contributed by atoms with Crippen molar-refractivity contribution in [2.24, 2.45) is 0 Å². The fraction of sp³-hybridized carbons (Fsp3) is 0.0500. The van der Waals surface area contributed by atoms with Gasteiger partial charge in [-0.1, -0.05) is 23.7 Å². The lowest BCUT2D eigenvalue weighted by Gasteiger charge is -2.10. The molecule has 3 N–H and O–H groups in total. The summed E-state index contributed by atoms with van der Waals surface area (Å²) in [4.78, 5) is 12.0. The SMILES string of the molecule is O=C(Nc1cc(F)cc(F)c1)Nc1cccc(CNc2ccc(Cl)cc2)c1. The summed E-state index contributed by atoms with van der Waals surface area (Å²) in [6, 6.07) is 16.8. The predicted octanol–water partition coefficient (Wildman–Crippen LogP) is 5.87. The Bertz CT molecular complexity index is 928. The van der Waals surface area contributed by atoms with E-state index in [1.807, 2.05) is 18.2 Å². The number of hydrogen-bond donors (Lipinski definition) is 3. The topological polar surface area (TPSA) is 53.2 Å². The second-order valence-electron chi connectivity index (χ2n) is 5.80. The van der Waals surface area contributed by atoms with Gasteiger partial charge in [0, 0.05) is 34.7 Å². The average Bonchev–Trinajstić information content (AvgIpc) is 2.60. The van der Waals surface area contributed by atoms with Crippen molar-refractivity contribution in [1.29, 1.82) is 0 Å². The molecule has 3 aromatic rings. The molecule has 7 heteroatoms. The maximum absolute atomic E-state index is 13.2. The molecule has 0 fully saturated rings. The molecule has 0 spiro atoms. The van der Waals surface area contributed by atoms with Gasteiger partial charge < -0.3 is 16.0 Å². The van der Waals surface area contributed by atoms with Crippen LogP contribution < -0.4 is 16.0 Å². The number of urea groups is 1. The Morgan fingerprint density at radius 2 is 1.48 bits per heavy atom. The Morgan fingerprint density at radius 3 is 2.19 bits per heavy atom. The van der Waals surface area contributed by atoms with E-state index in [4.69, 9.17) is 11.6 Å². The van der Waals surface area contributed by atoms with Gasteiger partial charge in [-0.15, -0.1) is 0 Å². The van der Waals surface area contributed by atoms with Crippen LogP contribution in [0.2, 0.25) is 5.02 Å². The Kier molecular flexibility index (Phi) is 5.88. The van der Waals surface area contributed by atoms with Crippen molar-refractivity contribution in [3.63, 3.8) is 0 Å². The van der Waals surface area contributed by atoms with Gasteiger partial charge in [0.25, 0.3) is 0 Å². The van der Waals surface area contributed by atoms with E-state index < -0.39 is 17.7 Å². The summed E-state index contributed by atoms with van der Waals surface area (Å²) >= 11 is 5.86. The van der Waals surface area contributed by atoms with Crippen LogP contribution in [0, 0.1) is 11.6 Å². The van der Waals surface area contributed by atoms with Gasteiger partial charge in [-0.2, -0.15) is 0 Å². The molecule has 0 saturated heterocycles. The summed E-state index contributed by atoms with van der Waals surface area (Å²) in [5.41, 5.74) is 2.45. The number of halogens is 3. The molecule has 27 heavy (non-hydrogen) atoms. The quantitative estimate of drug-likeness (QED) is 0.512. The van der Waals surface area contributed by atoms with E-state index in [1.165, 1.54) is 0 Å². The Hall–Kier alpha value is -3.12. The molecule has 0 aliphatic heterocycles. The second kappa shape index (κ2) is 8.51. The normalized spacial score (nSPS) is 10.3. The molecule has 0 bridgehead atoms. The molecule has 0 saturated carbocycles. The molecule has 138 valence electrons. The number of benzene rings is 3. The summed E-state index contributed by atoms with van der Waals surface area (Å²) in [5, 5.41) is 8.95. The van der Waals surface area contributed by atoms with Gasteiger partial charge >= 0.3 is 6.03 Å². The molecule has 2 amide bonds. The highest BCUT2D eigenvalue weighted by molar-refractivity contribution is 6.30. The second-order valence-corrected chi connectivity index (χ2v) is 6.23. The standard InChI is InChI=1S/C20H16ClF2N3O/c21-14-4-6-17(7-5-14)24-12-13-2-1-3-18(8-13)25-20(27)26-19-10-15(22)9-16(23)11-19/h1-11,24H,12H2,(H2,25,26,27). The van der Waals surface area contributed by atoms with E-state index >= 15 is 0 Å². The van der Waals surface area contributed by atoms with Crippen LogP contribution in [0.4, 0.5) is 30.6 Å². The highest BCUT2D eigenvalue weighted by Crippen LogP contribution is 2.17. The fourth-order valence-electron chi connectivity index (χ4n) is 2.45. The molecule has 0 radical (unpaired) electrons. The van der Waals surface area contributed by atoms with Crippen molar-refractivity contribution >= 4 is 34.7 Å². The lowest BCUT2D eigenvalue weighted by Crippen LogP contribution is -2.19. The Morgan fingerprint density at radius 1 is 0.815 bits per heavy atom. The van der Waals surface area contributed by atoms with E-state index in [2.05, 4.69) is 16.0 Å². The summed E-state index contributed by atoms with van der Waals surface area (Å²) in [7, 11) is 0. The van der Waals surface area contributed by atoms with Crippen LogP contribution >= 0.6 is 11.6 Å². The van der Waals surface area contributed by atoms with Crippen LogP contribution in [0.1, 0.15) is 5.56 Å². The third kappa shape index (κ3) is 5.69. The highest BCUT2D eigenvalue weighted by Gasteiger charge is 2.06. The molecule has 0 aliphatic carbocycles. The van der Waals surface area contributed by atoms with Crippen molar-refractivity contribution in [3.8, 4) is 0 Å². The van der Waals surface area contributed by atoms with Crippen molar-refractivity contribution in [1.82, 2.24) is 0 Å². The minimum absolute atomic E-state index is 0.0329. The monoisotopic (exact) mass is 387 g/mol. The van der Waals surface area contributed by atoms with Crippen molar-refractivity contribution < 1.29 is 13.6 Å². The number of nitrogens with one attached hydrogen (secondary N) is 3. The Balaban J connectivity index is 1.59. The zero-order valence-corrected chi connectivity index (χ0v) is 14.9. The van der Waals surface area contributed by atoms with E-state index in [1.54, 1.807) is 30.3 Å². The first-order valence-electron chi connectivity index (χ1n) is 8.10. The molecule has 3 rings (SSSR count). The van der Waals surface area contributed by atoms with Gasteiger partial charge in [0.1, 0.15) is 11.6 Å². The molecule has 0 atom stereocenters. The molecule has 0 heterocycles. The van der Waals surface area contributed by atoms with Gasteiger partial charge in [0.05, 0.1) is 0 Å². The third-order valence-corrected chi connectivity index (χ3v) is 3.90. The predicted molar refractivity (Wildman–Crippen MR) is 104 cm³/mol. The van der Waals surface area contributed by atoms with E-state index in [9.17, 15) is 13.6 Å². The minimum atomic E-state index is -0.763. The molecule has 3 aromatic carbocycles. The highest BCUT2D eigenvalue weighted by atomic mass is 35.5. The molecule has 4 nitrogen and oxygen atoms in total. The fourth-order valence-corrected chi connectivity index (χ4v) is 2.58. The lowest BCUT2D eigenvalue weighted by molar-refractivity contribution is 0.262. The van der Waals surface area contributed by atoms with Crippen molar-refractivity contribution in [2.45, 2.75) is 6.54 Å². The summed E-state index contributed by atoms with van der Waals surface area (Å²) < 4.78 is 26.4. The molecular formula is C20H16ClF2N3O. The number of carbonyl (C=O) groups excluding carboxylic acids is 1. The number of anilines is 3. The number of carbonyl (C=O) groups is 1. The smallest absolute Gasteiger partial charge is 0.323 e. The molecular weight excluding hydrogens is 372 g/mol. The van der Waals surface area contributed by atoms with E-state index in [0.717, 1.165) is 29.4 Å². The summed E-state index contributed by atoms with van der Waals surface area (Å²) in [6.45, 7) is 0.549. The first-order chi connectivity index (χ1) is 13.0. The van der Waals surface area contributed by atoms with E-state index in [0.29, 0.717) is 17.3 Å². The minimum Gasteiger partial charge on any atom is -0.381 e. The number of amides is 2. The van der Waals surface area contributed by atoms with Gasteiger partial charge in [0.15, 0.2) is 0 Å². The summed E-state index contributed by atoms with van der Waals surface area (Å²) in [5.74, 6) is -1.53. The van der Waals surface area contributed by atoms with Crippen molar-refractivity contribution in [3.05, 3.63) is 89.0 Å². The van der Waals surface area contributed by atoms with Gasteiger partial charge in [-0.25, -0.2) is 13.6 Å². The number of hydrogen-bond acceptors (Lipinski definition) is 2. The third-order valence-electron chi connectivity index (χ3n) is 3.65. The van der Waals surface area contributed by atoms with Crippen LogP contribution in [-0.2, 0) is 6.54 Å². The van der Waals surface area contributed by atoms with E-state index in [-0.39, 0.29) is 5.69 Å². The van der Waals surface area contributed by atoms with Crippen molar-refractivity contribution in [2.75, 3.05) is 16.0 Å². The largest absolute Gasteiger partial charge is 0.381 e. The van der Waals surface area contributed by atoms with Gasteiger partial charge in [0.2, 0.25) is 0 Å². The maximum Gasteiger partial charge on any atom is 0.323 e. The molecule has 0 aromatic heterocycles. The van der Waals surface area contributed by atoms with Crippen LogP contribution in [0.3, 0.4) is 0 Å². The zero-order valence-electron chi connectivity index (χ0n) is 14.1. The van der Waals surface area contributed by atoms with Gasteiger partial charge in [-0.05, 0) is 54.1 Å². The van der Waals surface area contributed by atoms with Crippen LogP contribution in [0.25, 0.3) is 0 Å². The molecule has 0 unspecified atom stereocenters. The summed E-state index contributed by atoms with van der Waals surface area (Å²) in [6.07, 6.45) is 0. The first kappa shape index (κ1) is 18.7. The molecule has 0 aliphatic rings. The maximum atomic E-state index is 13.2. The Labute approximate surface area is 160 Å².